The van der Waals surface area contributed by atoms with Crippen molar-refractivity contribution >= 4 is 9.84 Å². The molecule has 0 atom stereocenters. The van der Waals surface area contributed by atoms with Crippen molar-refractivity contribution < 1.29 is 13.2 Å². The zero-order chi connectivity index (χ0) is 13.1. The summed E-state index contributed by atoms with van der Waals surface area (Å²) in [6, 6.07) is 6.14. The average Bonchev–Trinajstić information content (AvgIpc) is 2.28. The highest BCUT2D eigenvalue weighted by Gasteiger charge is 2.12. The molecule has 0 aliphatic carbocycles. The van der Waals surface area contributed by atoms with Crippen LogP contribution in [-0.4, -0.2) is 34.5 Å². The number of hydrogen-bond acceptors (Lipinski definition) is 5. The number of sulfone groups is 1. The van der Waals surface area contributed by atoms with E-state index in [0.717, 1.165) is 5.41 Å². The molecule has 0 radical (unpaired) electrons. The predicted molar refractivity (Wildman–Crippen MR) is 66.1 cm³/mol. The van der Waals surface area contributed by atoms with Crippen LogP contribution in [0.1, 0.15) is 0 Å². The Bertz CT molecular complexity index is 504. The molecular weight excluding hydrogens is 240 g/mol. The van der Waals surface area contributed by atoms with E-state index in [9.17, 15) is 8.42 Å². The van der Waals surface area contributed by atoms with E-state index in [1.165, 1.54) is 24.1 Å². The zero-order valence-electron chi connectivity index (χ0n) is 10.0. The molecular formula is C11H16N2O3S. The average molecular weight is 256 g/mol. The van der Waals surface area contributed by atoms with Gasteiger partial charge in [0.2, 0.25) is 9.84 Å². The minimum Gasteiger partial charge on any atom is -0.497 e. The lowest BCUT2D eigenvalue weighted by atomic mass is 10.3. The molecule has 5 nitrogen and oxygen atoms in total. The molecule has 94 valence electrons. The summed E-state index contributed by atoms with van der Waals surface area (Å²) >= 11 is 0. The van der Waals surface area contributed by atoms with Gasteiger partial charge in [0.1, 0.15) is 11.6 Å². The van der Waals surface area contributed by atoms with E-state index in [0.29, 0.717) is 5.75 Å². The maximum absolute atomic E-state index is 11.9. The van der Waals surface area contributed by atoms with Crippen LogP contribution in [0.15, 0.2) is 40.4 Å². The van der Waals surface area contributed by atoms with Gasteiger partial charge in [0.15, 0.2) is 0 Å². The first-order valence-corrected chi connectivity index (χ1v) is 6.45. The van der Waals surface area contributed by atoms with E-state index >= 15 is 0 Å². The van der Waals surface area contributed by atoms with Crippen molar-refractivity contribution in [3.8, 4) is 5.75 Å². The summed E-state index contributed by atoms with van der Waals surface area (Å²) in [7, 11) is 1.36. The van der Waals surface area contributed by atoms with Gasteiger partial charge in [-0.05, 0) is 24.3 Å². The van der Waals surface area contributed by atoms with Gasteiger partial charge in [-0.15, -0.1) is 0 Å². The van der Waals surface area contributed by atoms with Crippen molar-refractivity contribution in [1.82, 2.24) is 4.90 Å². The lowest BCUT2D eigenvalue weighted by Gasteiger charge is -2.11. The van der Waals surface area contributed by atoms with E-state index in [1.807, 2.05) is 0 Å². The molecule has 0 saturated carbocycles. The van der Waals surface area contributed by atoms with Crippen molar-refractivity contribution in [2.24, 2.45) is 5.73 Å². The Kier molecular flexibility index (Phi) is 4.01. The van der Waals surface area contributed by atoms with Crippen molar-refractivity contribution in [3.63, 3.8) is 0 Å². The van der Waals surface area contributed by atoms with Gasteiger partial charge in [0.05, 0.1) is 17.4 Å². The third-order valence-corrected chi connectivity index (χ3v) is 3.66. The largest absolute Gasteiger partial charge is 0.497 e. The standard InChI is InChI=1S/C11H16N2O3S/c1-13(2)11(12)8-17(14,15)10-6-4-9(16-3)5-7-10/h4-8H,12H2,1-3H3. The minimum absolute atomic E-state index is 0.181. The Labute approximate surface area is 101 Å². The van der Waals surface area contributed by atoms with Crippen LogP contribution in [0.2, 0.25) is 0 Å². The monoisotopic (exact) mass is 256 g/mol. The normalized spacial score (nSPS) is 12.3. The van der Waals surface area contributed by atoms with E-state index in [-0.39, 0.29) is 10.7 Å². The summed E-state index contributed by atoms with van der Waals surface area (Å²) in [6.07, 6.45) is 0. The first-order valence-electron chi connectivity index (χ1n) is 4.90. The van der Waals surface area contributed by atoms with E-state index < -0.39 is 9.84 Å². The Balaban J connectivity index is 3.09. The molecule has 0 unspecified atom stereocenters. The van der Waals surface area contributed by atoms with Gasteiger partial charge in [-0.25, -0.2) is 8.42 Å². The Morgan fingerprint density at radius 1 is 1.29 bits per heavy atom. The third kappa shape index (κ3) is 3.39. The summed E-state index contributed by atoms with van der Waals surface area (Å²) in [5.41, 5.74) is 5.58. The molecule has 0 amide bonds. The van der Waals surface area contributed by atoms with Gasteiger partial charge in [-0.3, -0.25) is 0 Å². The van der Waals surface area contributed by atoms with Crippen LogP contribution in [-0.2, 0) is 9.84 Å². The molecule has 0 aliphatic rings. The van der Waals surface area contributed by atoms with Crippen LogP contribution in [0, 0.1) is 0 Å². The zero-order valence-corrected chi connectivity index (χ0v) is 10.9. The Hall–Kier alpha value is -1.69. The van der Waals surface area contributed by atoms with Gasteiger partial charge in [0.25, 0.3) is 0 Å². The molecule has 0 aromatic heterocycles. The molecule has 0 saturated heterocycles. The second-order valence-electron chi connectivity index (χ2n) is 3.66. The molecule has 0 heterocycles. The summed E-state index contributed by atoms with van der Waals surface area (Å²) in [4.78, 5) is 1.71. The summed E-state index contributed by atoms with van der Waals surface area (Å²) < 4.78 is 28.8. The fourth-order valence-corrected chi connectivity index (χ4v) is 2.28. The molecule has 0 spiro atoms. The third-order valence-electron chi connectivity index (χ3n) is 2.18. The van der Waals surface area contributed by atoms with Crippen LogP contribution >= 0.6 is 0 Å². The fraction of sp³-hybridized carbons (Fsp3) is 0.273. The van der Waals surface area contributed by atoms with Crippen LogP contribution in [0.3, 0.4) is 0 Å². The molecule has 6 heteroatoms. The highest BCUT2D eigenvalue weighted by molar-refractivity contribution is 7.94. The molecule has 17 heavy (non-hydrogen) atoms. The molecule has 1 aromatic carbocycles. The first-order chi connectivity index (χ1) is 7.86. The number of nitrogens with two attached hydrogens (primary N) is 1. The van der Waals surface area contributed by atoms with Gasteiger partial charge in [-0.2, -0.15) is 0 Å². The Morgan fingerprint density at radius 2 is 1.82 bits per heavy atom. The van der Waals surface area contributed by atoms with Crippen molar-refractivity contribution in [3.05, 3.63) is 35.5 Å². The predicted octanol–water partition coefficient (Wildman–Crippen LogP) is 0.788. The molecule has 0 bridgehead atoms. The smallest absolute Gasteiger partial charge is 0.203 e. The van der Waals surface area contributed by atoms with Crippen LogP contribution in [0.5, 0.6) is 5.75 Å². The fourth-order valence-electron chi connectivity index (χ4n) is 1.10. The molecule has 0 fully saturated rings. The second-order valence-corrected chi connectivity index (χ2v) is 5.45. The highest BCUT2D eigenvalue weighted by Crippen LogP contribution is 2.17. The summed E-state index contributed by atoms with van der Waals surface area (Å²) in [5, 5.41) is 1.04. The molecule has 1 aromatic rings. The van der Waals surface area contributed by atoms with Crippen molar-refractivity contribution in [1.29, 1.82) is 0 Å². The van der Waals surface area contributed by atoms with E-state index in [4.69, 9.17) is 10.5 Å². The van der Waals surface area contributed by atoms with Crippen LogP contribution < -0.4 is 10.5 Å². The second kappa shape index (κ2) is 5.09. The lowest BCUT2D eigenvalue weighted by Crippen LogP contribution is -2.19. The van der Waals surface area contributed by atoms with Gasteiger partial charge in [-0.1, -0.05) is 0 Å². The summed E-state index contributed by atoms with van der Waals surface area (Å²) in [6.45, 7) is 0. The van der Waals surface area contributed by atoms with Gasteiger partial charge in [0, 0.05) is 14.1 Å². The molecule has 2 N–H and O–H groups in total. The Morgan fingerprint density at radius 3 is 2.24 bits per heavy atom. The number of rotatable bonds is 4. The number of ether oxygens (including phenoxy) is 1. The number of methoxy groups -OCH3 is 1. The topological polar surface area (TPSA) is 72.6 Å². The van der Waals surface area contributed by atoms with Crippen LogP contribution in [0.4, 0.5) is 0 Å². The van der Waals surface area contributed by atoms with Crippen molar-refractivity contribution in [2.45, 2.75) is 4.90 Å². The number of benzene rings is 1. The summed E-state index contributed by atoms with van der Waals surface area (Å²) in [5.74, 6) is 0.786. The lowest BCUT2D eigenvalue weighted by molar-refractivity contribution is 0.414. The van der Waals surface area contributed by atoms with E-state index in [2.05, 4.69) is 0 Å². The highest BCUT2D eigenvalue weighted by atomic mass is 32.2. The quantitative estimate of drug-likeness (QED) is 0.862. The molecule has 1 rings (SSSR count). The van der Waals surface area contributed by atoms with Gasteiger partial charge >= 0.3 is 0 Å². The van der Waals surface area contributed by atoms with E-state index in [1.54, 1.807) is 26.2 Å². The van der Waals surface area contributed by atoms with Crippen molar-refractivity contribution in [2.75, 3.05) is 21.2 Å². The maximum atomic E-state index is 11.9. The van der Waals surface area contributed by atoms with Crippen LogP contribution in [0.25, 0.3) is 0 Å². The SMILES string of the molecule is COc1ccc(S(=O)(=O)C=C(N)N(C)C)cc1. The van der Waals surface area contributed by atoms with Gasteiger partial charge < -0.3 is 15.4 Å². The first kappa shape index (κ1) is 13.4. The number of nitrogens with zero attached hydrogens (tertiary/aromatic N) is 1. The molecule has 0 aliphatic heterocycles. The minimum atomic E-state index is -3.51. The number of hydrogen-bond donors (Lipinski definition) is 1. The maximum Gasteiger partial charge on any atom is 0.203 e.